The molecule has 9 heteroatoms. The monoisotopic (exact) mass is 456 g/mol. The zero-order valence-corrected chi connectivity index (χ0v) is 19.2. The highest BCUT2D eigenvalue weighted by Crippen LogP contribution is 2.33. The van der Waals surface area contributed by atoms with Crippen LogP contribution in [-0.2, 0) is 13.1 Å². The molecule has 0 spiro atoms. The fraction of sp³-hybridized carbons (Fsp3) is 0.391. The molecule has 32 heavy (non-hydrogen) atoms. The molecule has 0 saturated heterocycles. The molecule has 8 nitrogen and oxygen atoms in total. The summed E-state index contributed by atoms with van der Waals surface area (Å²) in [7, 11) is 4.08. The van der Waals surface area contributed by atoms with Gasteiger partial charge < -0.3 is 34.0 Å². The van der Waals surface area contributed by atoms with Crippen LogP contribution in [0.15, 0.2) is 45.8 Å². The highest BCUT2D eigenvalue weighted by molar-refractivity contribution is 7.80. The number of hydrogen-bond donors (Lipinski definition) is 2. The van der Waals surface area contributed by atoms with Crippen LogP contribution in [0.1, 0.15) is 17.7 Å². The van der Waals surface area contributed by atoms with E-state index in [1.807, 2.05) is 49.3 Å². The van der Waals surface area contributed by atoms with Gasteiger partial charge in [0.1, 0.15) is 19.0 Å². The molecular formula is C23H28N4O4S. The third kappa shape index (κ3) is 5.41. The van der Waals surface area contributed by atoms with E-state index >= 15 is 0 Å². The van der Waals surface area contributed by atoms with Crippen molar-refractivity contribution in [3.8, 4) is 11.5 Å². The normalized spacial score (nSPS) is 12.8. The van der Waals surface area contributed by atoms with E-state index in [4.69, 9.17) is 26.1 Å². The van der Waals surface area contributed by atoms with Gasteiger partial charge in [-0.15, -0.1) is 0 Å². The van der Waals surface area contributed by atoms with Gasteiger partial charge in [-0.05, 0) is 63.5 Å². The van der Waals surface area contributed by atoms with E-state index < -0.39 is 0 Å². The van der Waals surface area contributed by atoms with Crippen LogP contribution in [0, 0.1) is 0 Å². The molecule has 0 aliphatic carbocycles. The largest absolute Gasteiger partial charge is 0.486 e. The molecule has 4 rings (SSSR count). The molecule has 1 aliphatic rings. The molecule has 0 fully saturated rings. The molecule has 2 aromatic heterocycles. The molecule has 3 aromatic rings. The average Bonchev–Trinajstić information content (AvgIpc) is 3.29. The number of benzene rings is 1. The van der Waals surface area contributed by atoms with E-state index in [-0.39, 0.29) is 5.56 Å². The Morgan fingerprint density at radius 1 is 1.16 bits per heavy atom. The standard InChI is InChI=1S/C23H28N4O4S/c1-26(2)6-4-7-27(23(32)24-14-18-5-3-8-29-18)15-17-11-16-12-20-21(31-10-9-30-20)13-19(16)25-22(17)28/h3,5,8,11-13H,4,6-7,9-10,14-15H2,1-2H3,(H,24,32)(H,25,28). The summed E-state index contributed by atoms with van der Waals surface area (Å²) in [6.07, 6.45) is 2.55. The van der Waals surface area contributed by atoms with Gasteiger partial charge in [0, 0.05) is 23.6 Å². The van der Waals surface area contributed by atoms with E-state index in [1.54, 1.807) is 6.26 Å². The summed E-state index contributed by atoms with van der Waals surface area (Å²) in [5, 5.41) is 4.72. The van der Waals surface area contributed by atoms with Crippen molar-refractivity contribution in [2.24, 2.45) is 0 Å². The second kappa shape index (κ2) is 10.1. The van der Waals surface area contributed by atoms with Crippen molar-refractivity contribution >= 4 is 28.2 Å². The maximum atomic E-state index is 12.8. The Labute approximate surface area is 192 Å². The van der Waals surface area contributed by atoms with Gasteiger partial charge in [0.15, 0.2) is 16.6 Å². The first-order valence-electron chi connectivity index (χ1n) is 10.6. The lowest BCUT2D eigenvalue weighted by Crippen LogP contribution is -2.41. The number of nitrogens with one attached hydrogen (secondary N) is 2. The van der Waals surface area contributed by atoms with E-state index in [9.17, 15) is 4.79 Å². The van der Waals surface area contributed by atoms with Crippen LogP contribution in [-0.4, -0.2) is 60.3 Å². The summed E-state index contributed by atoms with van der Waals surface area (Å²) in [5.74, 6) is 2.15. The smallest absolute Gasteiger partial charge is 0.253 e. The van der Waals surface area contributed by atoms with Gasteiger partial charge >= 0.3 is 0 Å². The number of fused-ring (bicyclic) bond motifs is 2. The molecule has 3 heterocycles. The third-order valence-electron chi connectivity index (χ3n) is 5.26. The number of hydrogen-bond acceptors (Lipinski definition) is 6. The number of ether oxygens (including phenoxy) is 2. The predicted octanol–water partition coefficient (Wildman–Crippen LogP) is 2.72. The van der Waals surface area contributed by atoms with E-state index in [0.29, 0.717) is 48.5 Å². The zero-order chi connectivity index (χ0) is 22.5. The van der Waals surface area contributed by atoms with Gasteiger partial charge in [-0.1, -0.05) is 0 Å². The summed E-state index contributed by atoms with van der Waals surface area (Å²) in [6.45, 7) is 3.56. The number of thiocarbonyl (C=S) groups is 1. The maximum absolute atomic E-state index is 12.8. The van der Waals surface area contributed by atoms with Gasteiger partial charge in [0.25, 0.3) is 5.56 Å². The van der Waals surface area contributed by atoms with Crippen molar-refractivity contribution in [2.75, 3.05) is 40.4 Å². The van der Waals surface area contributed by atoms with Gasteiger partial charge in [-0.3, -0.25) is 4.79 Å². The highest BCUT2D eigenvalue weighted by Gasteiger charge is 2.17. The van der Waals surface area contributed by atoms with Crippen molar-refractivity contribution in [1.82, 2.24) is 20.1 Å². The van der Waals surface area contributed by atoms with Gasteiger partial charge in [0.05, 0.1) is 24.9 Å². The van der Waals surface area contributed by atoms with E-state index in [1.165, 1.54) is 0 Å². The number of aromatic amines is 1. The van der Waals surface area contributed by atoms with Gasteiger partial charge in [-0.2, -0.15) is 0 Å². The number of furan rings is 1. The Morgan fingerprint density at radius 3 is 2.66 bits per heavy atom. The Hall–Kier alpha value is -3.04. The summed E-state index contributed by atoms with van der Waals surface area (Å²) in [4.78, 5) is 20.0. The first-order valence-corrected chi connectivity index (χ1v) is 11.1. The number of aromatic nitrogens is 1. The Bertz CT molecular complexity index is 1130. The summed E-state index contributed by atoms with van der Waals surface area (Å²) in [5.41, 5.74) is 1.22. The summed E-state index contributed by atoms with van der Waals surface area (Å²) >= 11 is 5.66. The Kier molecular flexibility index (Phi) is 6.96. The lowest BCUT2D eigenvalue weighted by atomic mass is 10.1. The SMILES string of the molecule is CN(C)CCCN(Cc1cc2cc3c(cc2[nH]c1=O)OCCO3)C(=S)NCc1ccco1. The minimum absolute atomic E-state index is 0.138. The maximum Gasteiger partial charge on any atom is 0.253 e. The first kappa shape index (κ1) is 22.2. The highest BCUT2D eigenvalue weighted by atomic mass is 32.1. The lowest BCUT2D eigenvalue weighted by molar-refractivity contribution is 0.172. The molecule has 0 bridgehead atoms. The second-order valence-corrected chi connectivity index (χ2v) is 8.41. The van der Waals surface area contributed by atoms with Crippen molar-refractivity contribution < 1.29 is 13.9 Å². The number of H-pyrrole nitrogens is 1. The quantitative estimate of drug-likeness (QED) is 0.501. The van der Waals surface area contributed by atoms with Crippen molar-refractivity contribution in [3.63, 3.8) is 0 Å². The Balaban J connectivity index is 1.54. The molecule has 0 amide bonds. The van der Waals surface area contributed by atoms with Gasteiger partial charge in [-0.25, -0.2) is 0 Å². The third-order valence-corrected chi connectivity index (χ3v) is 5.66. The minimum Gasteiger partial charge on any atom is -0.486 e. The van der Waals surface area contributed by atoms with Gasteiger partial charge in [0.2, 0.25) is 0 Å². The molecule has 1 aromatic carbocycles. The lowest BCUT2D eigenvalue weighted by Gasteiger charge is -2.26. The van der Waals surface area contributed by atoms with Crippen LogP contribution >= 0.6 is 12.2 Å². The van der Waals surface area contributed by atoms with Crippen LogP contribution in [0.25, 0.3) is 10.9 Å². The second-order valence-electron chi connectivity index (χ2n) is 8.02. The molecule has 0 radical (unpaired) electrons. The van der Waals surface area contributed by atoms with E-state index in [2.05, 4.69) is 15.2 Å². The van der Waals surface area contributed by atoms with Crippen molar-refractivity contribution in [1.29, 1.82) is 0 Å². The summed E-state index contributed by atoms with van der Waals surface area (Å²) in [6, 6.07) is 9.37. The van der Waals surface area contributed by atoms with Crippen LogP contribution < -0.4 is 20.3 Å². The molecule has 0 unspecified atom stereocenters. The van der Waals surface area contributed by atoms with Crippen LogP contribution in [0.5, 0.6) is 11.5 Å². The van der Waals surface area contributed by atoms with Crippen LogP contribution in [0.4, 0.5) is 0 Å². The Morgan fingerprint density at radius 2 is 1.94 bits per heavy atom. The fourth-order valence-electron chi connectivity index (χ4n) is 3.63. The first-order chi connectivity index (χ1) is 15.5. The molecule has 0 saturated carbocycles. The number of rotatable bonds is 8. The number of nitrogens with zero attached hydrogens (tertiary/aromatic N) is 2. The average molecular weight is 457 g/mol. The minimum atomic E-state index is -0.138. The molecule has 170 valence electrons. The molecular weight excluding hydrogens is 428 g/mol. The van der Waals surface area contributed by atoms with E-state index in [0.717, 1.165) is 36.2 Å². The predicted molar refractivity (Wildman–Crippen MR) is 127 cm³/mol. The van der Waals surface area contributed by atoms with Crippen LogP contribution in [0.2, 0.25) is 0 Å². The van der Waals surface area contributed by atoms with Crippen molar-refractivity contribution in [3.05, 3.63) is 58.3 Å². The molecule has 2 N–H and O–H groups in total. The fourth-order valence-corrected chi connectivity index (χ4v) is 3.86. The molecule has 1 aliphatic heterocycles. The topological polar surface area (TPSA) is 83.0 Å². The van der Waals surface area contributed by atoms with Crippen molar-refractivity contribution in [2.45, 2.75) is 19.5 Å². The summed E-state index contributed by atoms with van der Waals surface area (Å²) < 4.78 is 16.7. The zero-order valence-electron chi connectivity index (χ0n) is 18.3. The molecule has 0 atom stereocenters. The van der Waals surface area contributed by atoms with Crippen LogP contribution in [0.3, 0.4) is 0 Å². The number of pyridine rings is 1.